The van der Waals surface area contributed by atoms with E-state index in [1.54, 1.807) is 6.07 Å². The lowest BCUT2D eigenvalue weighted by atomic mass is 9.99. The van der Waals surface area contributed by atoms with Crippen LogP contribution < -0.4 is 5.32 Å². The Kier molecular flexibility index (Phi) is 5.94. The standard InChI is InChI=1S/C14H17BrClF3N2/c15-10-1-2-11(12(16)9-10)13(3-4-14(17,18)19)21-7-5-20-6-8-21/h1-2,9,13,20H,3-8H2/t13-/m0/s1. The van der Waals surface area contributed by atoms with Crippen molar-refractivity contribution >= 4 is 27.5 Å². The fourth-order valence-corrected chi connectivity index (χ4v) is 3.40. The van der Waals surface area contributed by atoms with Gasteiger partial charge < -0.3 is 5.32 Å². The van der Waals surface area contributed by atoms with Crippen molar-refractivity contribution in [3.63, 3.8) is 0 Å². The molecule has 0 radical (unpaired) electrons. The molecule has 1 aliphatic heterocycles. The summed E-state index contributed by atoms with van der Waals surface area (Å²) in [6, 6.07) is 5.08. The average Bonchev–Trinajstić information content (AvgIpc) is 2.41. The van der Waals surface area contributed by atoms with E-state index in [-0.39, 0.29) is 12.5 Å². The van der Waals surface area contributed by atoms with Gasteiger partial charge in [-0.3, -0.25) is 4.90 Å². The number of hydrogen-bond acceptors (Lipinski definition) is 2. The van der Waals surface area contributed by atoms with Gasteiger partial charge in [-0.15, -0.1) is 0 Å². The van der Waals surface area contributed by atoms with Gasteiger partial charge in [-0.2, -0.15) is 13.2 Å². The fraction of sp³-hybridized carbons (Fsp3) is 0.571. The molecule has 0 amide bonds. The Morgan fingerprint density at radius 2 is 1.95 bits per heavy atom. The molecule has 21 heavy (non-hydrogen) atoms. The topological polar surface area (TPSA) is 15.3 Å². The summed E-state index contributed by atoms with van der Waals surface area (Å²) in [5, 5.41) is 3.72. The second-order valence-electron chi connectivity index (χ2n) is 5.12. The van der Waals surface area contributed by atoms with E-state index in [4.69, 9.17) is 11.6 Å². The molecule has 0 unspecified atom stereocenters. The van der Waals surface area contributed by atoms with Crippen LogP contribution in [0.2, 0.25) is 5.02 Å². The number of alkyl halides is 3. The maximum absolute atomic E-state index is 12.6. The van der Waals surface area contributed by atoms with Gasteiger partial charge in [-0.05, 0) is 24.1 Å². The van der Waals surface area contributed by atoms with Gasteiger partial charge in [-0.1, -0.05) is 33.6 Å². The summed E-state index contributed by atoms with van der Waals surface area (Å²) in [5.41, 5.74) is 0.769. The van der Waals surface area contributed by atoms with Crippen molar-refractivity contribution in [2.45, 2.75) is 25.1 Å². The molecule has 118 valence electrons. The summed E-state index contributed by atoms with van der Waals surface area (Å²) in [6.45, 7) is 3.04. The second-order valence-corrected chi connectivity index (χ2v) is 6.44. The fourth-order valence-electron chi connectivity index (χ4n) is 2.60. The highest BCUT2D eigenvalue weighted by Crippen LogP contribution is 2.36. The molecule has 2 rings (SSSR count). The van der Waals surface area contributed by atoms with Gasteiger partial charge in [0.1, 0.15) is 0 Å². The number of halogens is 5. The zero-order chi connectivity index (χ0) is 15.5. The Morgan fingerprint density at radius 1 is 1.29 bits per heavy atom. The molecule has 1 aromatic carbocycles. The molecule has 1 aromatic rings. The first-order valence-electron chi connectivity index (χ1n) is 6.83. The van der Waals surface area contributed by atoms with Gasteiger partial charge in [-0.25, -0.2) is 0 Å². The van der Waals surface area contributed by atoms with Crippen LogP contribution in [0, 0.1) is 0 Å². The summed E-state index contributed by atoms with van der Waals surface area (Å²) in [5.74, 6) is 0. The smallest absolute Gasteiger partial charge is 0.314 e. The van der Waals surface area contributed by atoms with Crippen molar-refractivity contribution in [3.05, 3.63) is 33.3 Å². The zero-order valence-corrected chi connectivity index (χ0v) is 13.7. The van der Waals surface area contributed by atoms with E-state index in [1.165, 1.54) is 0 Å². The van der Waals surface area contributed by atoms with Crippen molar-refractivity contribution in [1.82, 2.24) is 10.2 Å². The minimum Gasteiger partial charge on any atom is -0.314 e. The minimum absolute atomic E-state index is 0.0326. The molecular formula is C14H17BrClF3N2. The van der Waals surface area contributed by atoms with E-state index in [1.807, 2.05) is 12.1 Å². The van der Waals surface area contributed by atoms with Crippen LogP contribution in [0.25, 0.3) is 0 Å². The number of piperazine rings is 1. The normalized spacial score (nSPS) is 18.7. The van der Waals surface area contributed by atoms with Crippen LogP contribution >= 0.6 is 27.5 Å². The molecule has 0 saturated carbocycles. The number of rotatable bonds is 4. The molecule has 0 aromatic heterocycles. The Hall–Kier alpha value is -0.300. The first kappa shape index (κ1) is 17.1. The second kappa shape index (κ2) is 7.31. The van der Waals surface area contributed by atoms with E-state index >= 15 is 0 Å². The molecule has 2 nitrogen and oxygen atoms in total. The average molecular weight is 386 g/mol. The highest BCUT2D eigenvalue weighted by molar-refractivity contribution is 9.10. The van der Waals surface area contributed by atoms with Crippen LogP contribution in [0.1, 0.15) is 24.4 Å². The SMILES string of the molecule is FC(F)(F)CC[C@@H](c1ccc(Br)cc1Cl)N1CCNCC1. The van der Waals surface area contributed by atoms with Gasteiger partial charge in [0.2, 0.25) is 0 Å². The van der Waals surface area contributed by atoms with Crippen molar-refractivity contribution in [2.75, 3.05) is 26.2 Å². The third-order valence-corrected chi connectivity index (χ3v) is 4.44. The highest BCUT2D eigenvalue weighted by atomic mass is 79.9. The van der Waals surface area contributed by atoms with Crippen LogP contribution in [0.15, 0.2) is 22.7 Å². The van der Waals surface area contributed by atoms with E-state index < -0.39 is 12.6 Å². The predicted octanol–water partition coefficient (Wildman–Crippen LogP) is 4.39. The van der Waals surface area contributed by atoms with Crippen molar-refractivity contribution < 1.29 is 13.2 Å². The molecule has 1 atom stereocenters. The van der Waals surface area contributed by atoms with Crippen LogP contribution in [-0.4, -0.2) is 37.3 Å². The molecule has 1 fully saturated rings. The number of benzene rings is 1. The van der Waals surface area contributed by atoms with Gasteiger partial charge in [0.25, 0.3) is 0 Å². The zero-order valence-electron chi connectivity index (χ0n) is 11.4. The van der Waals surface area contributed by atoms with Crippen LogP contribution in [0.3, 0.4) is 0 Å². The summed E-state index contributed by atoms with van der Waals surface area (Å²) in [7, 11) is 0. The quantitative estimate of drug-likeness (QED) is 0.827. The predicted molar refractivity (Wildman–Crippen MR) is 81.6 cm³/mol. The molecular weight excluding hydrogens is 369 g/mol. The highest BCUT2D eigenvalue weighted by Gasteiger charge is 2.32. The number of nitrogens with one attached hydrogen (secondary N) is 1. The van der Waals surface area contributed by atoms with Crippen LogP contribution in [0.4, 0.5) is 13.2 Å². The summed E-state index contributed by atoms with van der Waals surface area (Å²) in [6.07, 6.45) is -4.91. The molecule has 0 bridgehead atoms. The lowest BCUT2D eigenvalue weighted by Crippen LogP contribution is -2.45. The number of nitrogens with zero attached hydrogens (tertiary/aromatic N) is 1. The number of hydrogen-bond donors (Lipinski definition) is 1. The van der Waals surface area contributed by atoms with Gasteiger partial charge in [0.05, 0.1) is 0 Å². The van der Waals surface area contributed by atoms with Gasteiger partial charge >= 0.3 is 6.18 Å². The van der Waals surface area contributed by atoms with E-state index in [2.05, 4.69) is 26.1 Å². The lowest BCUT2D eigenvalue weighted by molar-refractivity contribution is -0.138. The van der Waals surface area contributed by atoms with Crippen molar-refractivity contribution in [1.29, 1.82) is 0 Å². The molecule has 0 spiro atoms. The Balaban J connectivity index is 2.21. The monoisotopic (exact) mass is 384 g/mol. The first-order chi connectivity index (χ1) is 9.87. The molecule has 7 heteroatoms. The van der Waals surface area contributed by atoms with E-state index in [0.717, 1.165) is 36.2 Å². The minimum atomic E-state index is -4.14. The first-order valence-corrected chi connectivity index (χ1v) is 8.00. The maximum Gasteiger partial charge on any atom is 0.389 e. The largest absolute Gasteiger partial charge is 0.389 e. The Morgan fingerprint density at radius 3 is 2.52 bits per heavy atom. The van der Waals surface area contributed by atoms with Crippen molar-refractivity contribution in [3.8, 4) is 0 Å². The Bertz CT molecular complexity index is 476. The van der Waals surface area contributed by atoms with Crippen molar-refractivity contribution in [2.24, 2.45) is 0 Å². The third-order valence-electron chi connectivity index (χ3n) is 3.62. The molecule has 1 heterocycles. The molecule has 1 aliphatic rings. The lowest BCUT2D eigenvalue weighted by Gasteiger charge is -2.36. The molecule has 1 N–H and O–H groups in total. The van der Waals surface area contributed by atoms with Gasteiger partial charge in [0.15, 0.2) is 0 Å². The maximum atomic E-state index is 12.6. The van der Waals surface area contributed by atoms with Gasteiger partial charge in [0, 0.05) is 48.1 Å². The third kappa shape index (κ3) is 5.13. The molecule has 0 aliphatic carbocycles. The van der Waals surface area contributed by atoms with Crippen LogP contribution in [0.5, 0.6) is 0 Å². The van der Waals surface area contributed by atoms with Crippen LogP contribution in [-0.2, 0) is 0 Å². The molecule has 1 saturated heterocycles. The van der Waals surface area contributed by atoms with E-state index in [9.17, 15) is 13.2 Å². The summed E-state index contributed by atoms with van der Waals surface area (Å²) < 4.78 is 38.6. The Labute approximate surface area is 135 Å². The summed E-state index contributed by atoms with van der Waals surface area (Å²) in [4.78, 5) is 2.08. The summed E-state index contributed by atoms with van der Waals surface area (Å²) >= 11 is 9.56. The van der Waals surface area contributed by atoms with E-state index in [0.29, 0.717) is 5.02 Å².